The summed E-state index contributed by atoms with van der Waals surface area (Å²) >= 11 is 0. The van der Waals surface area contributed by atoms with E-state index in [1.54, 1.807) is 22.0 Å². The van der Waals surface area contributed by atoms with Gasteiger partial charge in [0.25, 0.3) is 0 Å². The van der Waals surface area contributed by atoms with Gasteiger partial charge in [-0.3, -0.25) is 9.48 Å². The Bertz CT molecular complexity index is 597. The van der Waals surface area contributed by atoms with E-state index in [4.69, 9.17) is 0 Å². The molecule has 0 saturated carbocycles. The van der Waals surface area contributed by atoms with Gasteiger partial charge >= 0.3 is 6.03 Å². The summed E-state index contributed by atoms with van der Waals surface area (Å²) in [5.41, 5.74) is 0.843. The van der Waals surface area contributed by atoms with E-state index in [0.29, 0.717) is 25.3 Å². The van der Waals surface area contributed by atoms with Gasteiger partial charge in [-0.15, -0.1) is 0 Å². The molecule has 0 aliphatic carbocycles. The van der Waals surface area contributed by atoms with Gasteiger partial charge in [-0.05, 0) is 11.8 Å². The highest BCUT2D eigenvalue weighted by Gasteiger charge is 2.34. The molecule has 8 heteroatoms. The zero-order valence-corrected chi connectivity index (χ0v) is 13.6. The van der Waals surface area contributed by atoms with E-state index in [2.05, 4.69) is 34.9 Å². The number of nitrogens with zero attached hydrogens (tertiary/aromatic N) is 3. The van der Waals surface area contributed by atoms with Gasteiger partial charge in [0.15, 0.2) is 0 Å². The number of nitrogens with one attached hydrogen (secondary N) is 3. The second-order valence-electron chi connectivity index (χ2n) is 7.00. The van der Waals surface area contributed by atoms with Crippen LogP contribution in [-0.4, -0.2) is 58.8 Å². The molecule has 23 heavy (non-hydrogen) atoms. The number of carbonyl (C=O) groups excluding carboxylic acids is 2. The van der Waals surface area contributed by atoms with Crippen molar-refractivity contribution in [2.45, 2.75) is 32.9 Å². The van der Waals surface area contributed by atoms with Crippen molar-refractivity contribution in [2.24, 2.45) is 5.41 Å². The van der Waals surface area contributed by atoms with Crippen LogP contribution >= 0.6 is 0 Å². The second kappa shape index (κ2) is 6.19. The summed E-state index contributed by atoms with van der Waals surface area (Å²) in [6.07, 6.45) is 4.27. The van der Waals surface area contributed by atoms with E-state index >= 15 is 0 Å². The van der Waals surface area contributed by atoms with Gasteiger partial charge in [0, 0.05) is 32.4 Å². The van der Waals surface area contributed by atoms with E-state index in [1.165, 1.54) is 0 Å². The fraction of sp³-hybridized carbons (Fsp3) is 0.667. The Morgan fingerprint density at radius 2 is 2.30 bits per heavy atom. The van der Waals surface area contributed by atoms with Crippen molar-refractivity contribution in [3.8, 4) is 0 Å². The Morgan fingerprint density at radius 1 is 1.48 bits per heavy atom. The first-order valence-corrected chi connectivity index (χ1v) is 8.02. The third-order valence-electron chi connectivity index (χ3n) is 4.35. The van der Waals surface area contributed by atoms with Crippen molar-refractivity contribution in [1.82, 2.24) is 25.3 Å². The Balaban J connectivity index is 1.49. The lowest BCUT2D eigenvalue weighted by atomic mass is 9.90. The van der Waals surface area contributed by atoms with Gasteiger partial charge in [0.1, 0.15) is 0 Å². The number of urea groups is 1. The van der Waals surface area contributed by atoms with E-state index in [9.17, 15) is 9.59 Å². The summed E-state index contributed by atoms with van der Waals surface area (Å²) in [6, 6.07) is -0.178. The fourth-order valence-electron chi connectivity index (χ4n) is 3.01. The van der Waals surface area contributed by atoms with Crippen molar-refractivity contribution >= 4 is 17.6 Å². The lowest BCUT2D eigenvalue weighted by Crippen LogP contribution is -2.35. The van der Waals surface area contributed by atoms with Crippen LogP contribution in [0.25, 0.3) is 0 Å². The first kappa shape index (κ1) is 15.8. The second-order valence-corrected chi connectivity index (χ2v) is 7.00. The molecular formula is C15H24N6O2. The Labute approximate surface area is 135 Å². The van der Waals surface area contributed by atoms with Gasteiger partial charge in [-0.1, -0.05) is 13.8 Å². The molecule has 2 saturated heterocycles. The molecule has 0 bridgehead atoms. The normalized spacial score (nSPS) is 23.1. The zero-order valence-electron chi connectivity index (χ0n) is 13.6. The number of aromatic nitrogens is 2. The van der Waals surface area contributed by atoms with E-state index < -0.39 is 0 Å². The number of hydrogen-bond acceptors (Lipinski definition) is 4. The quantitative estimate of drug-likeness (QED) is 0.724. The minimum absolute atomic E-state index is 0.0194. The van der Waals surface area contributed by atoms with Crippen LogP contribution in [0.5, 0.6) is 0 Å². The summed E-state index contributed by atoms with van der Waals surface area (Å²) in [5, 5.41) is 13.2. The molecule has 0 aromatic carbocycles. The van der Waals surface area contributed by atoms with Gasteiger partial charge in [-0.2, -0.15) is 5.10 Å². The molecular weight excluding hydrogens is 296 g/mol. The maximum absolute atomic E-state index is 12.2. The highest BCUT2D eigenvalue weighted by molar-refractivity contribution is 5.94. The molecule has 3 N–H and O–H groups in total. The van der Waals surface area contributed by atoms with E-state index in [1.807, 2.05) is 0 Å². The van der Waals surface area contributed by atoms with Crippen molar-refractivity contribution in [2.75, 3.05) is 31.5 Å². The van der Waals surface area contributed by atoms with Crippen LogP contribution in [-0.2, 0) is 11.3 Å². The summed E-state index contributed by atoms with van der Waals surface area (Å²) in [4.78, 5) is 25.5. The summed E-state index contributed by atoms with van der Waals surface area (Å²) in [5.74, 6) is -0.0194. The molecule has 2 aliphatic rings. The van der Waals surface area contributed by atoms with Crippen LogP contribution in [0.15, 0.2) is 12.4 Å². The van der Waals surface area contributed by atoms with Crippen LogP contribution in [0, 0.1) is 5.41 Å². The standard InChI is InChI=1S/C15H24N6O2/c1-15(2)7-12(17-10-15)13(22)19-11-8-18-21(9-11)6-5-20-4-3-16-14(20)23/h8-9,12,17H,3-7,10H2,1-2H3,(H,16,23)(H,19,22). The number of anilines is 1. The number of hydrogen-bond donors (Lipinski definition) is 3. The van der Waals surface area contributed by atoms with Crippen molar-refractivity contribution in [3.63, 3.8) is 0 Å². The topological polar surface area (TPSA) is 91.3 Å². The SMILES string of the molecule is CC1(C)CNC(C(=O)Nc2cnn(CCN3CCNC3=O)c2)C1. The number of amides is 3. The average Bonchev–Trinajstić information content (AvgIpc) is 3.18. The zero-order chi connectivity index (χ0) is 16.4. The van der Waals surface area contributed by atoms with Gasteiger partial charge in [0.05, 0.1) is 24.5 Å². The Hall–Kier alpha value is -2.09. The molecule has 0 radical (unpaired) electrons. The third-order valence-corrected chi connectivity index (χ3v) is 4.35. The van der Waals surface area contributed by atoms with Gasteiger partial charge < -0.3 is 20.9 Å². The minimum Gasteiger partial charge on any atom is -0.336 e. The van der Waals surface area contributed by atoms with Crippen molar-refractivity contribution in [1.29, 1.82) is 0 Å². The maximum atomic E-state index is 12.2. The molecule has 1 aromatic heterocycles. The molecule has 3 heterocycles. The first-order valence-electron chi connectivity index (χ1n) is 8.02. The summed E-state index contributed by atoms with van der Waals surface area (Å²) in [6.45, 7) is 7.80. The summed E-state index contributed by atoms with van der Waals surface area (Å²) < 4.78 is 1.74. The lowest BCUT2D eigenvalue weighted by Gasteiger charge is -2.15. The smallest absolute Gasteiger partial charge is 0.317 e. The van der Waals surface area contributed by atoms with E-state index in [0.717, 1.165) is 19.5 Å². The number of rotatable bonds is 5. The molecule has 2 aliphatic heterocycles. The summed E-state index contributed by atoms with van der Waals surface area (Å²) in [7, 11) is 0. The largest absolute Gasteiger partial charge is 0.336 e. The van der Waals surface area contributed by atoms with Crippen LogP contribution < -0.4 is 16.0 Å². The highest BCUT2D eigenvalue weighted by Crippen LogP contribution is 2.27. The fourth-order valence-corrected chi connectivity index (χ4v) is 3.01. The lowest BCUT2D eigenvalue weighted by molar-refractivity contribution is -0.117. The van der Waals surface area contributed by atoms with Crippen LogP contribution in [0.1, 0.15) is 20.3 Å². The average molecular weight is 320 g/mol. The minimum atomic E-state index is -0.151. The third kappa shape index (κ3) is 3.82. The van der Waals surface area contributed by atoms with Crippen LogP contribution in [0.2, 0.25) is 0 Å². The van der Waals surface area contributed by atoms with Gasteiger partial charge in [-0.25, -0.2) is 4.79 Å². The Kier molecular flexibility index (Phi) is 4.25. The predicted molar refractivity (Wildman–Crippen MR) is 86.0 cm³/mol. The first-order chi connectivity index (χ1) is 10.9. The number of carbonyl (C=O) groups is 2. The molecule has 1 atom stereocenters. The van der Waals surface area contributed by atoms with Gasteiger partial charge in [0.2, 0.25) is 5.91 Å². The molecule has 1 aromatic rings. The molecule has 8 nitrogen and oxygen atoms in total. The Morgan fingerprint density at radius 3 is 2.96 bits per heavy atom. The highest BCUT2D eigenvalue weighted by atomic mass is 16.2. The molecule has 126 valence electrons. The predicted octanol–water partition coefficient (Wildman–Crippen LogP) is 0.235. The maximum Gasteiger partial charge on any atom is 0.317 e. The van der Waals surface area contributed by atoms with Crippen molar-refractivity contribution < 1.29 is 9.59 Å². The van der Waals surface area contributed by atoms with E-state index in [-0.39, 0.29) is 23.4 Å². The van der Waals surface area contributed by atoms with Crippen LogP contribution in [0.3, 0.4) is 0 Å². The molecule has 1 unspecified atom stereocenters. The molecule has 3 amide bonds. The monoisotopic (exact) mass is 320 g/mol. The molecule has 3 rings (SSSR count). The van der Waals surface area contributed by atoms with Crippen molar-refractivity contribution in [3.05, 3.63) is 12.4 Å². The molecule has 2 fully saturated rings. The van der Waals surface area contributed by atoms with Crippen LogP contribution in [0.4, 0.5) is 10.5 Å². The molecule has 0 spiro atoms.